The molecule has 2 amide bonds. The molecule has 22 heavy (non-hydrogen) atoms. The summed E-state index contributed by atoms with van der Waals surface area (Å²) in [5, 5.41) is 14.6. The maximum atomic E-state index is 11.9. The summed E-state index contributed by atoms with van der Waals surface area (Å²) >= 11 is 1.29. The molecule has 3 aromatic rings. The van der Waals surface area contributed by atoms with Gasteiger partial charge in [0.25, 0.3) is 0 Å². The van der Waals surface area contributed by atoms with Gasteiger partial charge in [0.15, 0.2) is 5.01 Å². The number of hydrogen-bond acceptors (Lipinski definition) is 5. The second-order valence-electron chi connectivity index (χ2n) is 4.60. The Balaban J connectivity index is 1.65. The number of aromatic nitrogens is 3. The molecule has 3 rings (SSSR count). The SMILES string of the molecule is Cc1ccc(NC(=O)Nc2nnc(-c3cccnc3)s2)cc1. The average molecular weight is 311 g/mol. The number of nitrogens with zero attached hydrogens (tertiary/aromatic N) is 3. The van der Waals surface area contributed by atoms with E-state index in [1.54, 1.807) is 12.4 Å². The fraction of sp³-hybridized carbons (Fsp3) is 0.0667. The van der Waals surface area contributed by atoms with Crippen LogP contribution in [0.1, 0.15) is 5.56 Å². The Kier molecular flexibility index (Phi) is 4.06. The Labute approximate surface area is 131 Å². The predicted molar refractivity (Wildman–Crippen MR) is 87.0 cm³/mol. The third-order valence-electron chi connectivity index (χ3n) is 2.86. The van der Waals surface area contributed by atoms with Crippen LogP contribution < -0.4 is 10.6 Å². The zero-order chi connectivity index (χ0) is 15.4. The number of urea groups is 1. The highest BCUT2D eigenvalue weighted by Crippen LogP contribution is 2.25. The molecular formula is C15H13N5OS. The van der Waals surface area contributed by atoms with Crippen molar-refractivity contribution in [3.8, 4) is 10.6 Å². The molecule has 2 aromatic heterocycles. The van der Waals surface area contributed by atoms with Crippen LogP contribution in [0, 0.1) is 6.92 Å². The number of amides is 2. The number of aryl methyl sites for hydroxylation is 1. The van der Waals surface area contributed by atoms with Gasteiger partial charge in [-0.2, -0.15) is 0 Å². The van der Waals surface area contributed by atoms with Crippen molar-refractivity contribution in [3.63, 3.8) is 0 Å². The Bertz CT molecular complexity index is 770. The molecule has 0 radical (unpaired) electrons. The molecule has 0 atom stereocenters. The number of carbonyl (C=O) groups is 1. The number of nitrogens with one attached hydrogen (secondary N) is 2. The van der Waals surface area contributed by atoms with E-state index < -0.39 is 0 Å². The van der Waals surface area contributed by atoms with E-state index in [4.69, 9.17) is 0 Å². The maximum absolute atomic E-state index is 11.9. The molecule has 0 aliphatic heterocycles. The topological polar surface area (TPSA) is 79.8 Å². The van der Waals surface area contributed by atoms with Crippen LogP contribution in [0.3, 0.4) is 0 Å². The summed E-state index contributed by atoms with van der Waals surface area (Å²) in [5.41, 5.74) is 2.73. The molecule has 1 aromatic carbocycles. The van der Waals surface area contributed by atoms with Gasteiger partial charge in [-0.1, -0.05) is 29.0 Å². The highest BCUT2D eigenvalue weighted by molar-refractivity contribution is 7.18. The fourth-order valence-electron chi connectivity index (χ4n) is 1.78. The van der Waals surface area contributed by atoms with E-state index in [1.165, 1.54) is 11.3 Å². The van der Waals surface area contributed by atoms with Crippen molar-refractivity contribution in [2.24, 2.45) is 0 Å². The van der Waals surface area contributed by atoms with E-state index in [0.29, 0.717) is 10.1 Å². The molecule has 0 aliphatic rings. The average Bonchev–Trinajstić information content (AvgIpc) is 2.99. The zero-order valence-electron chi connectivity index (χ0n) is 11.8. The molecule has 0 aliphatic carbocycles. The summed E-state index contributed by atoms with van der Waals surface area (Å²) in [6.07, 6.45) is 3.40. The van der Waals surface area contributed by atoms with Crippen LogP contribution >= 0.6 is 11.3 Å². The summed E-state index contributed by atoms with van der Waals surface area (Å²) in [4.78, 5) is 16.0. The second-order valence-corrected chi connectivity index (χ2v) is 5.58. The van der Waals surface area contributed by atoms with Crippen LogP contribution in [0.15, 0.2) is 48.8 Å². The number of benzene rings is 1. The van der Waals surface area contributed by atoms with Crippen LogP contribution in [0.4, 0.5) is 15.6 Å². The van der Waals surface area contributed by atoms with Gasteiger partial charge in [0.05, 0.1) is 0 Å². The third kappa shape index (κ3) is 3.44. The lowest BCUT2D eigenvalue weighted by Gasteiger charge is -2.04. The Morgan fingerprint density at radius 3 is 2.64 bits per heavy atom. The monoisotopic (exact) mass is 311 g/mol. The number of carbonyl (C=O) groups excluding carboxylic acids is 1. The second kappa shape index (κ2) is 6.31. The number of pyridine rings is 1. The first-order valence-electron chi connectivity index (χ1n) is 6.59. The highest BCUT2D eigenvalue weighted by atomic mass is 32.1. The van der Waals surface area contributed by atoms with Crippen LogP contribution in [-0.2, 0) is 0 Å². The van der Waals surface area contributed by atoms with Crippen molar-refractivity contribution in [2.45, 2.75) is 6.92 Å². The summed E-state index contributed by atoms with van der Waals surface area (Å²) in [6, 6.07) is 10.9. The van der Waals surface area contributed by atoms with Gasteiger partial charge in [-0.05, 0) is 31.2 Å². The number of rotatable bonds is 3. The molecule has 0 saturated carbocycles. The quantitative estimate of drug-likeness (QED) is 0.775. The minimum Gasteiger partial charge on any atom is -0.308 e. The molecular weight excluding hydrogens is 298 g/mol. The van der Waals surface area contributed by atoms with E-state index in [2.05, 4.69) is 25.8 Å². The summed E-state index contributed by atoms with van der Waals surface area (Å²) in [7, 11) is 0. The summed E-state index contributed by atoms with van der Waals surface area (Å²) in [5.74, 6) is 0. The third-order valence-corrected chi connectivity index (χ3v) is 3.75. The van der Waals surface area contributed by atoms with E-state index in [-0.39, 0.29) is 6.03 Å². The molecule has 7 heteroatoms. The van der Waals surface area contributed by atoms with Crippen LogP contribution in [0.25, 0.3) is 10.6 Å². The molecule has 0 spiro atoms. The lowest BCUT2D eigenvalue weighted by molar-refractivity contribution is 0.262. The summed E-state index contributed by atoms with van der Waals surface area (Å²) in [6.45, 7) is 1.99. The number of hydrogen-bond donors (Lipinski definition) is 2. The molecule has 0 saturated heterocycles. The fourth-order valence-corrected chi connectivity index (χ4v) is 2.50. The van der Waals surface area contributed by atoms with Gasteiger partial charge in [0.2, 0.25) is 5.13 Å². The van der Waals surface area contributed by atoms with Gasteiger partial charge in [0.1, 0.15) is 0 Å². The van der Waals surface area contributed by atoms with E-state index >= 15 is 0 Å². The molecule has 0 fully saturated rings. The van der Waals surface area contributed by atoms with Crippen molar-refractivity contribution in [3.05, 3.63) is 54.4 Å². The van der Waals surface area contributed by atoms with Gasteiger partial charge in [-0.3, -0.25) is 10.3 Å². The van der Waals surface area contributed by atoms with E-state index in [1.807, 2.05) is 43.3 Å². The lowest BCUT2D eigenvalue weighted by atomic mass is 10.2. The van der Waals surface area contributed by atoms with Crippen molar-refractivity contribution in [1.82, 2.24) is 15.2 Å². The van der Waals surface area contributed by atoms with E-state index in [0.717, 1.165) is 16.8 Å². The minimum atomic E-state index is -0.349. The van der Waals surface area contributed by atoms with Crippen molar-refractivity contribution in [1.29, 1.82) is 0 Å². The molecule has 2 N–H and O–H groups in total. The Morgan fingerprint density at radius 2 is 1.91 bits per heavy atom. The van der Waals surface area contributed by atoms with Gasteiger partial charge in [0, 0.05) is 23.6 Å². The summed E-state index contributed by atoms with van der Waals surface area (Å²) < 4.78 is 0. The largest absolute Gasteiger partial charge is 0.325 e. The highest BCUT2D eigenvalue weighted by Gasteiger charge is 2.09. The zero-order valence-corrected chi connectivity index (χ0v) is 12.6. The van der Waals surface area contributed by atoms with Crippen LogP contribution in [-0.4, -0.2) is 21.2 Å². The smallest absolute Gasteiger partial charge is 0.308 e. The van der Waals surface area contributed by atoms with Crippen molar-refractivity contribution in [2.75, 3.05) is 10.6 Å². The lowest BCUT2D eigenvalue weighted by Crippen LogP contribution is -2.19. The first kappa shape index (κ1) is 14.2. The van der Waals surface area contributed by atoms with Crippen molar-refractivity contribution >= 4 is 28.2 Å². The normalized spacial score (nSPS) is 10.2. The van der Waals surface area contributed by atoms with Crippen LogP contribution in [0.2, 0.25) is 0 Å². The van der Waals surface area contributed by atoms with Gasteiger partial charge < -0.3 is 5.32 Å². The Hall–Kier alpha value is -2.80. The predicted octanol–water partition coefficient (Wildman–Crippen LogP) is 3.55. The minimum absolute atomic E-state index is 0.349. The van der Waals surface area contributed by atoms with Crippen LogP contribution in [0.5, 0.6) is 0 Å². The first-order valence-corrected chi connectivity index (χ1v) is 7.41. The van der Waals surface area contributed by atoms with E-state index in [9.17, 15) is 4.79 Å². The van der Waals surface area contributed by atoms with Gasteiger partial charge in [-0.15, -0.1) is 10.2 Å². The first-order chi connectivity index (χ1) is 10.7. The Morgan fingerprint density at radius 1 is 1.09 bits per heavy atom. The van der Waals surface area contributed by atoms with Crippen molar-refractivity contribution < 1.29 is 4.79 Å². The molecule has 110 valence electrons. The standard InChI is InChI=1S/C15H13N5OS/c1-10-4-6-12(7-5-10)17-14(21)18-15-20-19-13(22-15)11-3-2-8-16-9-11/h2-9H,1H3,(H2,17,18,20,21). The molecule has 6 nitrogen and oxygen atoms in total. The van der Waals surface area contributed by atoms with Gasteiger partial charge >= 0.3 is 6.03 Å². The van der Waals surface area contributed by atoms with Gasteiger partial charge in [-0.25, -0.2) is 4.79 Å². The molecule has 2 heterocycles. The molecule has 0 unspecified atom stereocenters. The number of anilines is 2. The molecule has 0 bridgehead atoms. The maximum Gasteiger partial charge on any atom is 0.325 e.